The van der Waals surface area contributed by atoms with Gasteiger partial charge in [0.05, 0.1) is 12.0 Å². The zero-order valence-corrected chi connectivity index (χ0v) is 11.1. The number of hydrogen-bond donors (Lipinski definition) is 1. The Kier molecular flexibility index (Phi) is 3.85. The van der Waals surface area contributed by atoms with E-state index in [2.05, 4.69) is 15.8 Å². The maximum absolute atomic E-state index is 12.1. The molecule has 0 amide bonds. The van der Waals surface area contributed by atoms with Crippen LogP contribution in [0.1, 0.15) is 19.3 Å². The van der Waals surface area contributed by atoms with E-state index < -0.39 is 10.0 Å². The van der Waals surface area contributed by atoms with Gasteiger partial charge in [-0.25, -0.2) is 18.1 Å². The molecule has 5 nitrogen and oxygen atoms in total. The standard InChI is InChI=1S/C11H12ClN3O2S/c12-11-5-4-9(7-14-11)18(16,17)15-10-3-1-2-8(10)6-13/h4-5,7-8,10,15H,1-3H2. The third-order valence-corrected chi connectivity index (χ3v) is 4.70. The lowest BCUT2D eigenvalue weighted by Gasteiger charge is -2.15. The Labute approximate surface area is 111 Å². The van der Waals surface area contributed by atoms with Crippen LogP contribution in [0.4, 0.5) is 0 Å². The van der Waals surface area contributed by atoms with Crippen molar-refractivity contribution in [2.75, 3.05) is 0 Å². The highest BCUT2D eigenvalue weighted by Crippen LogP contribution is 2.26. The summed E-state index contributed by atoms with van der Waals surface area (Å²) < 4.78 is 26.7. The Balaban J connectivity index is 2.17. The van der Waals surface area contributed by atoms with Crippen molar-refractivity contribution in [2.24, 2.45) is 5.92 Å². The van der Waals surface area contributed by atoms with Gasteiger partial charge in [0.25, 0.3) is 0 Å². The van der Waals surface area contributed by atoms with Crippen molar-refractivity contribution in [3.05, 3.63) is 23.5 Å². The van der Waals surface area contributed by atoms with E-state index in [1.807, 2.05) is 0 Å². The first-order valence-electron chi connectivity index (χ1n) is 5.56. The summed E-state index contributed by atoms with van der Waals surface area (Å²) in [6.07, 6.45) is 3.51. The summed E-state index contributed by atoms with van der Waals surface area (Å²) in [5.74, 6) is -0.250. The molecular weight excluding hydrogens is 274 g/mol. The average molecular weight is 286 g/mol. The molecule has 0 spiro atoms. The number of pyridine rings is 1. The minimum atomic E-state index is -3.63. The summed E-state index contributed by atoms with van der Waals surface area (Å²) in [6.45, 7) is 0. The molecule has 96 valence electrons. The third kappa shape index (κ3) is 2.80. The van der Waals surface area contributed by atoms with Crippen molar-refractivity contribution in [3.8, 4) is 6.07 Å². The van der Waals surface area contributed by atoms with Crippen LogP contribution < -0.4 is 4.72 Å². The first-order valence-corrected chi connectivity index (χ1v) is 7.42. The summed E-state index contributed by atoms with van der Waals surface area (Å²) in [4.78, 5) is 3.81. The van der Waals surface area contributed by atoms with Gasteiger partial charge >= 0.3 is 0 Å². The predicted molar refractivity (Wildman–Crippen MR) is 66.3 cm³/mol. The highest BCUT2D eigenvalue weighted by atomic mass is 35.5. The molecule has 0 aromatic carbocycles. The zero-order valence-electron chi connectivity index (χ0n) is 9.51. The molecule has 0 bridgehead atoms. The fraction of sp³-hybridized carbons (Fsp3) is 0.455. The van der Waals surface area contributed by atoms with Gasteiger partial charge in [0.15, 0.2) is 0 Å². The lowest BCUT2D eigenvalue weighted by molar-refractivity contribution is 0.515. The fourth-order valence-corrected chi connectivity index (χ4v) is 3.41. The Bertz CT molecular complexity index is 565. The van der Waals surface area contributed by atoms with E-state index >= 15 is 0 Å². The molecule has 0 saturated heterocycles. The van der Waals surface area contributed by atoms with Crippen LogP contribution in [-0.4, -0.2) is 19.4 Å². The van der Waals surface area contributed by atoms with E-state index in [1.54, 1.807) is 0 Å². The van der Waals surface area contributed by atoms with Crippen LogP contribution in [0.25, 0.3) is 0 Å². The van der Waals surface area contributed by atoms with Crippen LogP contribution in [0.15, 0.2) is 23.2 Å². The fourth-order valence-electron chi connectivity index (χ4n) is 2.04. The van der Waals surface area contributed by atoms with E-state index in [-0.39, 0.29) is 22.0 Å². The summed E-state index contributed by atoms with van der Waals surface area (Å²) in [5.41, 5.74) is 0. The normalized spacial score (nSPS) is 23.8. The van der Waals surface area contributed by atoms with Crippen molar-refractivity contribution >= 4 is 21.6 Å². The van der Waals surface area contributed by atoms with E-state index in [0.29, 0.717) is 6.42 Å². The number of hydrogen-bond acceptors (Lipinski definition) is 4. The molecule has 1 aromatic rings. The number of nitrogens with zero attached hydrogens (tertiary/aromatic N) is 2. The minimum Gasteiger partial charge on any atom is -0.243 e. The summed E-state index contributed by atoms with van der Waals surface area (Å²) in [5, 5.41) is 9.17. The number of nitriles is 1. The summed E-state index contributed by atoms with van der Waals surface area (Å²) in [6, 6.07) is 4.64. The van der Waals surface area contributed by atoms with Crippen LogP contribution in [0.2, 0.25) is 5.15 Å². The van der Waals surface area contributed by atoms with Crippen molar-refractivity contribution in [1.82, 2.24) is 9.71 Å². The Hall–Kier alpha value is -1.16. The van der Waals surface area contributed by atoms with Gasteiger partial charge in [-0.2, -0.15) is 5.26 Å². The number of sulfonamides is 1. The number of rotatable bonds is 3. The van der Waals surface area contributed by atoms with Crippen molar-refractivity contribution < 1.29 is 8.42 Å². The molecule has 1 aliphatic rings. The lowest BCUT2D eigenvalue weighted by Crippen LogP contribution is -2.36. The van der Waals surface area contributed by atoms with Gasteiger partial charge in [-0.1, -0.05) is 18.0 Å². The molecule has 0 radical (unpaired) electrons. The first-order chi connectivity index (χ1) is 8.53. The van der Waals surface area contributed by atoms with E-state index in [9.17, 15) is 8.42 Å². The molecule has 1 aromatic heterocycles. The minimum absolute atomic E-state index is 0.0653. The highest BCUT2D eigenvalue weighted by Gasteiger charge is 2.31. The van der Waals surface area contributed by atoms with Gasteiger partial charge in [0.1, 0.15) is 10.0 Å². The molecule has 2 unspecified atom stereocenters. The topological polar surface area (TPSA) is 82.9 Å². The van der Waals surface area contributed by atoms with Crippen molar-refractivity contribution in [2.45, 2.75) is 30.2 Å². The van der Waals surface area contributed by atoms with Gasteiger partial charge in [-0.05, 0) is 25.0 Å². The van der Waals surface area contributed by atoms with Crippen LogP contribution in [-0.2, 0) is 10.0 Å². The molecule has 1 aliphatic carbocycles. The van der Waals surface area contributed by atoms with E-state index in [1.165, 1.54) is 18.3 Å². The van der Waals surface area contributed by atoms with Crippen LogP contribution in [0.5, 0.6) is 0 Å². The quantitative estimate of drug-likeness (QED) is 0.857. The summed E-state index contributed by atoms with van der Waals surface area (Å²) >= 11 is 5.61. The molecule has 1 saturated carbocycles. The van der Waals surface area contributed by atoms with Crippen molar-refractivity contribution in [3.63, 3.8) is 0 Å². The van der Waals surface area contributed by atoms with Crippen LogP contribution >= 0.6 is 11.6 Å². The summed E-state index contributed by atoms with van der Waals surface area (Å²) in [7, 11) is -3.63. The Morgan fingerprint density at radius 1 is 1.44 bits per heavy atom. The van der Waals surface area contributed by atoms with Gasteiger partial charge in [-0.3, -0.25) is 0 Å². The molecule has 1 heterocycles. The first kappa shape index (κ1) is 13.3. The monoisotopic (exact) mass is 285 g/mol. The Morgan fingerprint density at radius 2 is 2.22 bits per heavy atom. The van der Waals surface area contributed by atoms with Crippen molar-refractivity contribution in [1.29, 1.82) is 5.26 Å². The number of halogens is 1. The van der Waals surface area contributed by atoms with Gasteiger partial charge in [-0.15, -0.1) is 0 Å². The zero-order chi connectivity index (χ0) is 13.2. The maximum Gasteiger partial charge on any atom is 0.242 e. The second kappa shape index (κ2) is 5.22. The molecule has 2 rings (SSSR count). The SMILES string of the molecule is N#CC1CCCC1NS(=O)(=O)c1ccc(Cl)nc1. The molecule has 1 fully saturated rings. The maximum atomic E-state index is 12.1. The second-order valence-electron chi connectivity index (χ2n) is 4.21. The van der Waals surface area contributed by atoms with Gasteiger partial charge < -0.3 is 0 Å². The molecular formula is C11H12ClN3O2S. The third-order valence-electron chi connectivity index (χ3n) is 3.00. The van der Waals surface area contributed by atoms with Crippen LogP contribution in [0.3, 0.4) is 0 Å². The number of nitrogens with one attached hydrogen (secondary N) is 1. The molecule has 7 heteroatoms. The van der Waals surface area contributed by atoms with E-state index in [0.717, 1.165) is 12.8 Å². The molecule has 0 aliphatic heterocycles. The highest BCUT2D eigenvalue weighted by molar-refractivity contribution is 7.89. The average Bonchev–Trinajstić information content (AvgIpc) is 2.76. The Morgan fingerprint density at radius 3 is 2.83 bits per heavy atom. The lowest BCUT2D eigenvalue weighted by atomic mass is 10.1. The molecule has 2 atom stereocenters. The molecule has 1 N–H and O–H groups in total. The van der Waals surface area contributed by atoms with Crippen LogP contribution in [0, 0.1) is 17.2 Å². The largest absolute Gasteiger partial charge is 0.243 e. The van der Waals surface area contributed by atoms with Gasteiger partial charge in [0, 0.05) is 12.2 Å². The second-order valence-corrected chi connectivity index (χ2v) is 6.31. The number of aromatic nitrogens is 1. The molecule has 18 heavy (non-hydrogen) atoms. The van der Waals surface area contributed by atoms with E-state index in [4.69, 9.17) is 16.9 Å². The van der Waals surface area contributed by atoms with Gasteiger partial charge in [0.2, 0.25) is 10.0 Å². The predicted octanol–water partition coefficient (Wildman–Crippen LogP) is 1.71. The smallest absolute Gasteiger partial charge is 0.242 e.